The molecule has 0 unspecified atom stereocenters. The maximum atomic E-state index is 12.3. The molecule has 0 saturated carbocycles. The van der Waals surface area contributed by atoms with Gasteiger partial charge in [0.15, 0.2) is 11.4 Å². The summed E-state index contributed by atoms with van der Waals surface area (Å²) in [6, 6.07) is 16.3. The lowest BCUT2D eigenvalue weighted by Crippen LogP contribution is -2.16. The van der Waals surface area contributed by atoms with Crippen molar-refractivity contribution in [3.8, 4) is 18.2 Å². The predicted molar refractivity (Wildman–Crippen MR) is 105 cm³/mol. The number of anilines is 2. The second-order valence-electron chi connectivity index (χ2n) is 5.82. The molecule has 0 aliphatic carbocycles. The highest BCUT2D eigenvalue weighted by atomic mass is 16.4. The molecule has 3 N–H and O–H groups in total. The topological polar surface area (TPSA) is 167 Å². The van der Waals surface area contributed by atoms with Gasteiger partial charge in [0, 0.05) is 16.9 Å². The average Bonchev–Trinajstić information content (AvgIpc) is 2.74. The maximum Gasteiger partial charge on any atom is 0.335 e. The summed E-state index contributed by atoms with van der Waals surface area (Å²) in [5.41, 5.74) is 0.482. The first-order valence-corrected chi connectivity index (χ1v) is 8.36. The molecule has 0 aliphatic heterocycles. The number of hydrogen-bond donors (Lipinski definition) is 3. The van der Waals surface area contributed by atoms with E-state index >= 15 is 0 Å². The Balaban J connectivity index is 2.01. The fourth-order valence-corrected chi connectivity index (χ4v) is 2.32. The van der Waals surface area contributed by atoms with E-state index in [1.54, 1.807) is 18.2 Å². The van der Waals surface area contributed by atoms with Gasteiger partial charge in [-0.3, -0.25) is 9.59 Å². The van der Waals surface area contributed by atoms with Crippen molar-refractivity contribution in [3.05, 3.63) is 70.9 Å². The molecule has 2 rings (SSSR count). The number of carboxylic acids is 1. The molecule has 30 heavy (non-hydrogen) atoms. The van der Waals surface area contributed by atoms with Crippen LogP contribution in [-0.4, -0.2) is 22.8 Å². The van der Waals surface area contributed by atoms with Crippen molar-refractivity contribution in [1.29, 1.82) is 15.8 Å². The Morgan fingerprint density at radius 1 is 0.767 bits per heavy atom. The minimum Gasteiger partial charge on any atom is -0.478 e. The van der Waals surface area contributed by atoms with Gasteiger partial charge in [-0.1, -0.05) is 0 Å². The molecule has 1 amide bonds. The van der Waals surface area contributed by atoms with Gasteiger partial charge in [0.25, 0.3) is 0 Å². The molecular formula is C21H13N5O4. The number of aromatic carboxylic acids is 1. The zero-order valence-corrected chi connectivity index (χ0v) is 15.3. The van der Waals surface area contributed by atoms with Gasteiger partial charge in [0.1, 0.15) is 23.9 Å². The highest BCUT2D eigenvalue weighted by molar-refractivity contribution is 6.11. The van der Waals surface area contributed by atoms with Gasteiger partial charge in [-0.2, -0.15) is 15.8 Å². The molecule has 0 aliphatic rings. The number of amides is 1. The summed E-state index contributed by atoms with van der Waals surface area (Å²) in [6.07, 6.45) is -0.427. The van der Waals surface area contributed by atoms with Crippen LogP contribution < -0.4 is 10.6 Å². The molecule has 0 saturated heterocycles. The minimum atomic E-state index is -1.09. The molecule has 2 aromatic carbocycles. The van der Waals surface area contributed by atoms with Gasteiger partial charge in [0.2, 0.25) is 5.91 Å². The number of benzene rings is 2. The number of carbonyl (C=O) groups excluding carboxylic acids is 2. The predicted octanol–water partition coefficient (Wildman–Crippen LogP) is 2.83. The van der Waals surface area contributed by atoms with Crippen LogP contribution in [0.5, 0.6) is 0 Å². The summed E-state index contributed by atoms with van der Waals surface area (Å²) in [4.78, 5) is 35.1. The summed E-state index contributed by atoms with van der Waals surface area (Å²) >= 11 is 0. The van der Waals surface area contributed by atoms with Crippen LogP contribution in [-0.2, 0) is 4.79 Å². The lowest BCUT2D eigenvalue weighted by molar-refractivity contribution is -0.115. The van der Waals surface area contributed by atoms with Crippen molar-refractivity contribution in [3.63, 3.8) is 0 Å². The van der Waals surface area contributed by atoms with Crippen LogP contribution in [0, 0.1) is 34.0 Å². The van der Waals surface area contributed by atoms with Gasteiger partial charge >= 0.3 is 5.97 Å². The molecule has 0 bridgehead atoms. The molecule has 0 heterocycles. The van der Waals surface area contributed by atoms with E-state index in [2.05, 4.69) is 10.6 Å². The summed E-state index contributed by atoms with van der Waals surface area (Å²) < 4.78 is 0. The first-order valence-electron chi connectivity index (χ1n) is 8.36. The number of hydrogen-bond acceptors (Lipinski definition) is 7. The smallest absolute Gasteiger partial charge is 0.335 e. The van der Waals surface area contributed by atoms with Crippen LogP contribution in [0.2, 0.25) is 0 Å². The molecule has 9 nitrogen and oxygen atoms in total. The van der Waals surface area contributed by atoms with Gasteiger partial charge in [-0.15, -0.1) is 0 Å². The van der Waals surface area contributed by atoms with Crippen molar-refractivity contribution in [2.45, 2.75) is 6.42 Å². The van der Waals surface area contributed by atoms with E-state index in [1.807, 2.05) is 0 Å². The number of nitrogens with zero attached hydrogens (tertiary/aromatic N) is 3. The first kappa shape index (κ1) is 21.4. The number of ketones is 1. The average molecular weight is 399 g/mol. The normalized spacial score (nSPS) is 9.23. The van der Waals surface area contributed by atoms with Crippen molar-refractivity contribution in [2.24, 2.45) is 0 Å². The largest absolute Gasteiger partial charge is 0.478 e. The van der Waals surface area contributed by atoms with E-state index in [1.165, 1.54) is 48.5 Å². The summed E-state index contributed by atoms with van der Waals surface area (Å²) in [7, 11) is 0. The Kier molecular flexibility index (Phi) is 7.01. The number of carboxylic acid groups (broad SMARTS) is 1. The maximum absolute atomic E-state index is 12.3. The van der Waals surface area contributed by atoms with Gasteiger partial charge in [-0.05, 0) is 48.5 Å². The Hall–Kier alpha value is -4.94. The SMILES string of the molecule is N#CC(C#N)=C(C#N)Nc1ccc(C(=O)CC(=O)Nc2ccc(C(=O)O)cc2)cc1. The number of nitrogens with one attached hydrogen (secondary N) is 2. The van der Waals surface area contributed by atoms with E-state index in [4.69, 9.17) is 20.9 Å². The number of nitriles is 3. The molecule has 0 fully saturated rings. The fourth-order valence-electron chi connectivity index (χ4n) is 2.32. The van der Waals surface area contributed by atoms with Crippen LogP contribution in [0.3, 0.4) is 0 Å². The van der Waals surface area contributed by atoms with Crippen molar-refractivity contribution in [2.75, 3.05) is 10.6 Å². The van der Waals surface area contributed by atoms with Crippen molar-refractivity contribution < 1.29 is 19.5 Å². The third kappa shape index (κ3) is 5.53. The van der Waals surface area contributed by atoms with Crippen LogP contribution in [0.15, 0.2) is 59.8 Å². The molecule has 146 valence electrons. The van der Waals surface area contributed by atoms with E-state index in [-0.39, 0.29) is 22.4 Å². The zero-order valence-electron chi connectivity index (χ0n) is 15.3. The molecule has 0 aromatic heterocycles. The summed E-state index contributed by atoms with van der Waals surface area (Å²) in [5.74, 6) is -2.10. The monoisotopic (exact) mass is 399 g/mol. The van der Waals surface area contributed by atoms with Crippen LogP contribution >= 0.6 is 0 Å². The summed E-state index contributed by atoms with van der Waals surface area (Å²) in [5, 5.41) is 40.7. The lowest BCUT2D eigenvalue weighted by Gasteiger charge is -2.07. The number of Topliss-reactive ketones (excluding diaryl/α,β-unsaturated/α-hetero) is 1. The van der Waals surface area contributed by atoms with Crippen LogP contribution in [0.25, 0.3) is 0 Å². The molecule has 9 heteroatoms. The first-order chi connectivity index (χ1) is 14.4. The lowest BCUT2D eigenvalue weighted by atomic mass is 10.1. The zero-order chi connectivity index (χ0) is 22.1. The molecule has 0 spiro atoms. The van der Waals surface area contributed by atoms with Crippen molar-refractivity contribution >= 4 is 29.0 Å². The molecular weight excluding hydrogens is 386 g/mol. The van der Waals surface area contributed by atoms with Gasteiger partial charge < -0.3 is 15.7 Å². The van der Waals surface area contributed by atoms with E-state index < -0.39 is 24.1 Å². The quantitative estimate of drug-likeness (QED) is 0.363. The second kappa shape index (κ2) is 9.84. The fraction of sp³-hybridized carbons (Fsp3) is 0.0476. The summed E-state index contributed by atoms with van der Waals surface area (Å²) in [6.45, 7) is 0. The van der Waals surface area contributed by atoms with Crippen LogP contribution in [0.1, 0.15) is 27.1 Å². The molecule has 2 aromatic rings. The Bertz CT molecular complexity index is 1130. The van der Waals surface area contributed by atoms with Gasteiger partial charge in [-0.25, -0.2) is 4.79 Å². The minimum absolute atomic E-state index is 0.0730. The number of allylic oxidation sites excluding steroid dienone is 2. The standard InChI is InChI=1S/C21H13N5O4/c22-10-15(11-23)18(12-24)25-16-5-1-13(2-6-16)19(27)9-20(28)26-17-7-3-14(4-8-17)21(29)30/h1-8,25H,9H2,(H,26,28)(H,29,30). The third-order valence-corrected chi connectivity index (χ3v) is 3.80. The number of carbonyl (C=O) groups is 3. The molecule has 0 radical (unpaired) electrons. The van der Waals surface area contributed by atoms with E-state index in [9.17, 15) is 14.4 Å². The van der Waals surface area contributed by atoms with E-state index in [0.29, 0.717) is 11.4 Å². The number of rotatable bonds is 7. The van der Waals surface area contributed by atoms with Crippen LogP contribution in [0.4, 0.5) is 11.4 Å². The Morgan fingerprint density at radius 2 is 1.27 bits per heavy atom. The Morgan fingerprint density at radius 3 is 1.73 bits per heavy atom. The third-order valence-electron chi connectivity index (χ3n) is 3.80. The second-order valence-corrected chi connectivity index (χ2v) is 5.82. The van der Waals surface area contributed by atoms with Gasteiger partial charge in [0.05, 0.1) is 12.0 Å². The molecule has 0 atom stereocenters. The van der Waals surface area contributed by atoms with Crippen molar-refractivity contribution in [1.82, 2.24) is 0 Å². The highest BCUT2D eigenvalue weighted by Crippen LogP contribution is 2.15. The highest BCUT2D eigenvalue weighted by Gasteiger charge is 2.13. The Labute approximate surface area is 171 Å². The van der Waals surface area contributed by atoms with E-state index in [0.717, 1.165) is 0 Å².